The van der Waals surface area contributed by atoms with Crippen LogP contribution in [0.1, 0.15) is 5.56 Å². The zero-order valence-corrected chi connectivity index (χ0v) is 11.2. The molecule has 1 aromatic carbocycles. The summed E-state index contributed by atoms with van der Waals surface area (Å²) in [6.45, 7) is 1.81. The highest BCUT2D eigenvalue weighted by atomic mass is 35.5. The van der Waals surface area contributed by atoms with Crippen LogP contribution < -0.4 is 0 Å². The van der Waals surface area contributed by atoms with E-state index >= 15 is 0 Å². The summed E-state index contributed by atoms with van der Waals surface area (Å²) in [5.41, 5.74) is 0.941. The standard InChI is InChI=1S/C11H12ClNO4S/c1-8-2-4-10(5-3-8)18(15,16)13-7-9(6-12)17-11(13)14/h2-5,9H,6-7H2,1H3. The maximum Gasteiger partial charge on any atom is 0.424 e. The van der Waals surface area contributed by atoms with Crippen molar-refractivity contribution in [1.82, 2.24) is 4.31 Å². The van der Waals surface area contributed by atoms with Gasteiger partial charge < -0.3 is 4.74 Å². The van der Waals surface area contributed by atoms with E-state index < -0.39 is 22.2 Å². The van der Waals surface area contributed by atoms with Crippen molar-refractivity contribution >= 4 is 27.7 Å². The predicted molar refractivity (Wildman–Crippen MR) is 66.1 cm³/mol. The molecule has 1 aliphatic rings. The number of aryl methyl sites for hydroxylation is 1. The van der Waals surface area contributed by atoms with Gasteiger partial charge in [-0.15, -0.1) is 11.6 Å². The van der Waals surface area contributed by atoms with E-state index in [0.29, 0.717) is 4.31 Å². The number of carbonyl (C=O) groups is 1. The van der Waals surface area contributed by atoms with Crippen LogP contribution in [0.5, 0.6) is 0 Å². The lowest BCUT2D eigenvalue weighted by molar-refractivity contribution is 0.145. The Hall–Kier alpha value is -1.27. The van der Waals surface area contributed by atoms with Crippen molar-refractivity contribution in [3.8, 4) is 0 Å². The van der Waals surface area contributed by atoms with E-state index in [9.17, 15) is 13.2 Å². The van der Waals surface area contributed by atoms with Crippen LogP contribution in [0, 0.1) is 6.92 Å². The van der Waals surface area contributed by atoms with Gasteiger partial charge >= 0.3 is 6.09 Å². The van der Waals surface area contributed by atoms with E-state index in [-0.39, 0.29) is 17.3 Å². The molecule has 1 aliphatic heterocycles. The summed E-state index contributed by atoms with van der Waals surface area (Å²) in [4.78, 5) is 11.6. The molecule has 1 aromatic rings. The number of benzene rings is 1. The molecule has 18 heavy (non-hydrogen) atoms. The molecule has 7 heteroatoms. The Morgan fingerprint density at radius 1 is 1.39 bits per heavy atom. The fourth-order valence-corrected chi connectivity index (χ4v) is 3.11. The molecule has 98 valence electrons. The lowest BCUT2D eigenvalue weighted by Crippen LogP contribution is -2.32. The molecule has 0 radical (unpaired) electrons. The first-order valence-electron chi connectivity index (χ1n) is 5.31. The van der Waals surface area contributed by atoms with Crippen molar-refractivity contribution in [2.24, 2.45) is 0 Å². The highest BCUT2D eigenvalue weighted by Gasteiger charge is 2.39. The summed E-state index contributed by atoms with van der Waals surface area (Å²) >= 11 is 5.56. The van der Waals surface area contributed by atoms with Crippen molar-refractivity contribution in [3.63, 3.8) is 0 Å². The summed E-state index contributed by atoms with van der Waals surface area (Å²) in [6, 6.07) is 6.28. The monoisotopic (exact) mass is 289 g/mol. The number of cyclic esters (lactones) is 1. The van der Waals surface area contributed by atoms with Crippen LogP contribution in [0.3, 0.4) is 0 Å². The van der Waals surface area contributed by atoms with Gasteiger partial charge in [0.15, 0.2) is 0 Å². The summed E-state index contributed by atoms with van der Waals surface area (Å²) in [5.74, 6) is 0.0751. The molecule has 0 N–H and O–H groups in total. The van der Waals surface area contributed by atoms with Crippen LogP contribution in [-0.2, 0) is 14.8 Å². The number of ether oxygens (including phenoxy) is 1. The number of hydrogen-bond donors (Lipinski definition) is 0. The summed E-state index contributed by atoms with van der Waals surface area (Å²) < 4.78 is 29.9. The minimum atomic E-state index is -3.85. The third-order valence-corrected chi connectivity index (χ3v) is 4.71. The third-order valence-electron chi connectivity index (χ3n) is 2.62. The maximum absolute atomic E-state index is 12.2. The fourth-order valence-electron chi connectivity index (χ4n) is 1.61. The van der Waals surface area contributed by atoms with Crippen molar-refractivity contribution in [1.29, 1.82) is 0 Å². The molecule has 1 fully saturated rings. The topological polar surface area (TPSA) is 63.7 Å². The van der Waals surface area contributed by atoms with Gasteiger partial charge in [-0.25, -0.2) is 13.2 Å². The van der Waals surface area contributed by atoms with Crippen molar-refractivity contribution in [2.75, 3.05) is 12.4 Å². The molecule has 0 aliphatic carbocycles. The number of amides is 1. The Morgan fingerprint density at radius 2 is 2.00 bits per heavy atom. The zero-order valence-electron chi connectivity index (χ0n) is 9.67. The van der Waals surface area contributed by atoms with Gasteiger partial charge in [-0.2, -0.15) is 4.31 Å². The van der Waals surface area contributed by atoms with Gasteiger partial charge in [0, 0.05) is 0 Å². The van der Waals surface area contributed by atoms with Crippen molar-refractivity contribution in [3.05, 3.63) is 29.8 Å². The molecule has 0 spiro atoms. The number of alkyl halides is 1. The van der Waals surface area contributed by atoms with E-state index in [0.717, 1.165) is 5.56 Å². The number of rotatable bonds is 3. The first-order valence-corrected chi connectivity index (χ1v) is 7.28. The van der Waals surface area contributed by atoms with Crippen LogP contribution in [0.25, 0.3) is 0 Å². The molecule has 1 unspecified atom stereocenters. The number of nitrogens with zero attached hydrogens (tertiary/aromatic N) is 1. The van der Waals surface area contributed by atoms with Crippen LogP contribution in [0.4, 0.5) is 4.79 Å². The van der Waals surface area contributed by atoms with E-state index in [2.05, 4.69) is 0 Å². The average molecular weight is 290 g/mol. The molecular weight excluding hydrogens is 278 g/mol. The van der Waals surface area contributed by atoms with E-state index in [1.807, 2.05) is 6.92 Å². The van der Waals surface area contributed by atoms with Gasteiger partial charge in [0.1, 0.15) is 6.10 Å². The predicted octanol–water partition coefficient (Wildman–Crippen LogP) is 1.74. The molecule has 1 heterocycles. The van der Waals surface area contributed by atoms with Gasteiger partial charge in [-0.05, 0) is 19.1 Å². The summed E-state index contributed by atoms with van der Waals surface area (Å²) in [7, 11) is -3.85. The Kier molecular flexibility index (Phi) is 3.49. The van der Waals surface area contributed by atoms with E-state index in [4.69, 9.17) is 16.3 Å². The van der Waals surface area contributed by atoms with E-state index in [1.165, 1.54) is 12.1 Å². The molecule has 5 nitrogen and oxygen atoms in total. The quantitative estimate of drug-likeness (QED) is 0.795. The first-order chi connectivity index (χ1) is 8.45. The first kappa shape index (κ1) is 13.2. The normalized spacial score (nSPS) is 20.0. The summed E-state index contributed by atoms with van der Waals surface area (Å²) in [6.07, 6.45) is -1.46. The minimum Gasteiger partial charge on any atom is -0.442 e. The zero-order chi connectivity index (χ0) is 13.3. The Balaban J connectivity index is 2.32. The lowest BCUT2D eigenvalue weighted by Gasteiger charge is -2.13. The number of hydrogen-bond acceptors (Lipinski definition) is 4. The number of carbonyl (C=O) groups excluding carboxylic acids is 1. The highest BCUT2D eigenvalue weighted by molar-refractivity contribution is 7.89. The number of halogens is 1. The molecule has 0 saturated carbocycles. The molecular formula is C11H12ClNO4S. The van der Waals surface area contributed by atoms with Crippen LogP contribution >= 0.6 is 11.6 Å². The second kappa shape index (κ2) is 4.78. The Labute approximate surface area is 110 Å². The summed E-state index contributed by atoms with van der Waals surface area (Å²) in [5, 5.41) is 0. The highest BCUT2D eigenvalue weighted by Crippen LogP contribution is 2.22. The Bertz CT molecular complexity index is 555. The van der Waals surface area contributed by atoms with Gasteiger partial charge in [0.2, 0.25) is 0 Å². The molecule has 1 amide bonds. The van der Waals surface area contributed by atoms with Gasteiger partial charge in [-0.1, -0.05) is 17.7 Å². The van der Waals surface area contributed by atoms with Crippen molar-refractivity contribution in [2.45, 2.75) is 17.9 Å². The molecule has 2 rings (SSSR count). The molecule has 0 aromatic heterocycles. The van der Waals surface area contributed by atoms with E-state index in [1.54, 1.807) is 12.1 Å². The molecule has 1 atom stereocenters. The smallest absolute Gasteiger partial charge is 0.424 e. The second-order valence-electron chi connectivity index (χ2n) is 4.01. The largest absolute Gasteiger partial charge is 0.442 e. The number of sulfonamides is 1. The van der Waals surface area contributed by atoms with Crippen LogP contribution in [0.15, 0.2) is 29.2 Å². The van der Waals surface area contributed by atoms with Gasteiger partial charge in [0.25, 0.3) is 10.0 Å². The maximum atomic E-state index is 12.2. The van der Waals surface area contributed by atoms with Crippen molar-refractivity contribution < 1.29 is 17.9 Å². The second-order valence-corrected chi connectivity index (χ2v) is 6.18. The van der Waals surface area contributed by atoms with Crippen LogP contribution in [0.2, 0.25) is 0 Å². The van der Waals surface area contributed by atoms with Crippen LogP contribution in [-0.4, -0.2) is 37.3 Å². The fraction of sp³-hybridized carbons (Fsp3) is 0.364. The molecule has 1 saturated heterocycles. The third kappa shape index (κ3) is 2.30. The van der Waals surface area contributed by atoms with Gasteiger partial charge in [0.05, 0.1) is 17.3 Å². The lowest BCUT2D eigenvalue weighted by atomic mass is 10.2. The van der Waals surface area contributed by atoms with Gasteiger partial charge in [-0.3, -0.25) is 0 Å². The average Bonchev–Trinajstić information content (AvgIpc) is 2.72. The minimum absolute atomic E-state index is 0.0431. The Morgan fingerprint density at radius 3 is 2.50 bits per heavy atom. The SMILES string of the molecule is Cc1ccc(S(=O)(=O)N2CC(CCl)OC2=O)cc1. The molecule has 0 bridgehead atoms.